The fourth-order valence-corrected chi connectivity index (χ4v) is 2.04. The monoisotopic (exact) mass is 258 g/mol. The second-order valence-electron chi connectivity index (χ2n) is 5.36. The van der Waals surface area contributed by atoms with E-state index in [1.807, 2.05) is 13.0 Å². The van der Waals surface area contributed by atoms with Crippen molar-refractivity contribution < 1.29 is 4.52 Å². The van der Waals surface area contributed by atoms with E-state index in [1.54, 1.807) is 0 Å². The van der Waals surface area contributed by atoms with Crippen LogP contribution in [-0.4, -0.2) is 5.16 Å². The zero-order chi connectivity index (χ0) is 13.8. The van der Waals surface area contributed by atoms with E-state index in [0.29, 0.717) is 18.5 Å². The molecule has 1 aromatic carbocycles. The Bertz CT molecular complexity index is 514. The Morgan fingerprint density at radius 1 is 1.11 bits per heavy atom. The van der Waals surface area contributed by atoms with Crippen molar-refractivity contribution in [2.75, 3.05) is 0 Å². The highest BCUT2D eigenvalue weighted by Gasteiger charge is 2.07. The fourth-order valence-electron chi connectivity index (χ4n) is 2.04. The minimum absolute atomic E-state index is 0.298. The summed E-state index contributed by atoms with van der Waals surface area (Å²) in [6, 6.07) is 11.1. The molecule has 0 bridgehead atoms. The van der Waals surface area contributed by atoms with Crippen LogP contribution in [0.15, 0.2) is 34.9 Å². The first-order chi connectivity index (χ1) is 9.06. The molecular weight excluding hydrogens is 236 g/mol. The standard InChI is InChI=1S/C16H22N2O/c1-11(2)14-5-7-15(8-6-14)13(4)17-10-16-9-12(3)18-19-16/h5-9,11,13,17H,10H2,1-4H3. The van der Waals surface area contributed by atoms with E-state index in [1.165, 1.54) is 11.1 Å². The molecule has 0 aliphatic heterocycles. The molecule has 2 rings (SSSR count). The van der Waals surface area contributed by atoms with Crippen LogP contribution in [0.2, 0.25) is 0 Å². The first-order valence-corrected chi connectivity index (χ1v) is 6.81. The van der Waals surface area contributed by atoms with Gasteiger partial charge in [0.25, 0.3) is 0 Å². The zero-order valence-electron chi connectivity index (χ0n) is 12.1. The molecule has 1 aromatic heterocycles. The van der Waals surface area contributed by atoms with Crippen molar-refractivity contribution in [1.82, 2.24) is 10.5 Å². The van der Waals surface area contributed by atoms with E-state index in [2.05, 4.69) is 55.5 Å². The lowest BCUT2D eigenvalue weighted by Gasteiger charge is -2.14. The molecule has 0 aliphatic carbocycles. The third-order valence-electron chi connectivity index (χ3n) is 3.36. The van der Waals surface area contributed by atoms with Crippen LogP contribution in [0.3, 0.4) is 0 Å². The Balaban J connectivity index is 1.94. The molecule has 0 fully saturated rings. The molecule has 2 aromatic rings. The van der Waals surface area contributed by atoms with Crippen LogP contribution >= 0.6 is 0 Å². The largest absolute Gasteiger partial charge is 0.360 e. The minimum Gasteiger partial charge on any atom is -0.360 e. The van der Waals surface area contributed by atoms with Gasteiger partial charge in [-0.1, -0.05) is 43.3 Å². The highest BCUT2D eigenvalue weighted by molar-refractivity contribution is 5.26. The summed E-state index contributed by atoms with van der Waals surface area (Å²) in [7, 11) is 0. The second kappa shape index (κ2) is 6.02. The van der Waals surface area contributed by atoms with Crippen LogP contribution < -0.4 is 5.32 Å². The highest BCUT2D eigenvalue weighted by Crippen LogP contribution is 2.18. The number of benzene rings is 1. The van der Waals surface area contributed by atoms with Gasteiger partial charge in [0.05, 0.1) is 12.2 Å². The smallest absolute Gasteiger partial charge is 0.150 e. The summed E-state index contributed by atoms with van der Waals surface area (Å²) in [6.07, 6.45) is 0. The van der Waals surface area contributed by atoms with Gasteiger partial charge in [-0.2, -0.15) is 0 Å². The molecule has 0 radical (unpaired) electrons. The van der Waals surface area contributed by atoms with E-state index >= 15 is 0 Å². The summed E-state index contributed by atoms with van der Waals surface area (Å²) in [4.78, 5) is 0. The molecule has 0 amide bonds. The first kappa shape index (κ1) is 13.8. The molecular formula is C16H22N2O. The minimum atomic E-state index is 0.298. The summed E-state index contributed by atoms with van der Waals surface area (Å²) in [5, 5.41) is 7.33. The van der Waals surface area contributed by atoms with Crippen molar-refractivity contribution in [2.24, 2.45) is 0 Å². The fraction of sp³-hybridized carbons (Fsp3) is 0.438. The lowest BCUT2D eigenvalue weighted by molar-refractivity contribution is 0.363. The maximum atomic E-state index is 5.19. The van der Waals surface area contributed by atoms with Crippen molar-refractivity contribution in [3.05, 3.63) is 52.9 Å². The van der Waals surface area contributed by atoms with Crippen LogP contribution in [0.5, 0.6) is 0 Å². The molecule has 1 heterocycles. The number of hydrogen-bond acceptors (Lipinski definition) is 3. The van der Waals surface area contributed by atoms with Gasteiger partial charge in [0, 0.05) is 12.1 Å². The Morgan fingerprint density at radius 3 is 2.26 bits per heavy atom. The zero-order valence-corrected chi connectivity index (χ0v) is 12.1. The first-order valence-electron chi connectivity index (χ1n) is 6.81. The van der Waals surface area contributed by atoms with Gasteiger partial charge in [-0.15, -0.1) is 0 Å². The van der Waals surface area contributed by atoms with Gasteiger partial charge in [0.1, 0.15) is 0 Å². The van der Waals surface area contributed by atoms with Gasteiger partial charge < -0.3 is 9.84 Å². The lowest BCUT2D eigenvalue weighted by atomic mass is 9.99. The maximum Gasteiger partial charge on any atom is 0.150 e. The van der Waals surface area contributed by atoms with Crippen LogP contribution in [-0.2, 0) is 6.54 Å². The molecule has 0 saturated carbocycles. The molecule has 3 heteroatoms. The lowest BCUT2D eigenvalue weighted by Crippen LogP contribution is -2.17. The molecule has 0 spiro atoms. The van der Waals surface area contributed by atoms with E-state index in [0.717, 1.165) is 11.5 Å². The molecule has 19 heavy (non-hydrogen) atoms. The maximum absolute atomic E-state index is 5.19. The number of hydrogen-bond donors (Lipinski definition) is 1. The van der Waals surface area contributed by atoms with Crippen molar-refractivity contribution in [3.8, 4) is 0 Å². The van der Waals surface area contributed by atoms with E-state index < -0.39 is 0 Å². The highest BCUT2D eigenvalue weighted by atomic mass is 16.5. The number of aryl methyl sites for hydroxylation is 1. The third-order valence-corrected chi connectivity index (χ3v) is 3.36. The van der Waals surface area contributed by atoms with Crippen molar-refractivity contribution in [2.45, 2.75) is 46.2 Å². The van der Waals surface area contributed by atoms with Crippen LogP contribution in [0.4, 0.5) is 0 Å². The average Bonchev–Trinajstić information content (AvgIpc) is 2.82. The molecule has 102 valence electrons. The Hall–Kier alpha value is -1.61. The van der Waals surface area contributed by atoms with Gasteiger partial charge >= 0.3 is 0 Å². The summed E-state index contributed by atoms with van der Waals surface area (Å²) in [5.41, 5.74) is 3.59. The van der Waals surface area contributed by atoms with E-state index in [-0.39, 0.29) is 0 Å². The normalized spacial score (nSPS) is 12.9. The van der Waals surface area contributed by atoms with Gasteiger partial charge in [-0.05, 0) is 30.9 Å². The predicted molar refractivity (Wildman–Crippen MR) is 77.0 cm³/mol. The number of nitrogens with zero attached hydrogens (tertiary/aromatic N) is 1. The quantitative estimate of drug-likeness (QED) is 0.882. The van der Waals surface area contributed by atoms with E-state index in [4.69, 9.17) is 4.52 Å². The topological polar surface area (TPSA) is 38.1 Å². The molecule has 1 N–H and O–H groups in total. The van der Waals surface area contributed by atoms with Crippen LogP contribution in [0, 0.1) is 6.92 Å². The Morgan fingerprint density at radius 2 is 1.74 bits per heavy atom. The number of rotatable bonds is 5. The van der Waals surface area contributed by atoms with Crippen molar-refractivity contribution in [3.63, 3.8) is 0 Å². The third kappa shape index (κ3) is 3.67. The summed E-state index contributed by atoms with van der Waals surface area (Å²) in [5.74, 6) is 1.46. The van der Waals surface area contributed by atoms with Gasteiger partial charge in [0.15, 0.2) is 5.76 Å². The molecule has 0 aliphatic rings. The van der Waals surface area contributed by atoms with Gasteiger partial charge in [-0.25, -0.2) is 0 Å². The summed E-state index contributed by atoms with van der Waals surface area (Å²) >= 11 is 0. The molecule has 1 atom stereocenters. The number of aromatic nitrogens is 1. The average molecular weight is 258 g/mol. The Kier molecular flexibility index (Phi) is 4.38. The van der Waals surface area contributed by atoms with Crippen molar-refractivity contribution >= 4 is 0 Å². The summed E-state index contributed by atoms with van der Waals surface area (Å²) < 4.78 is 5.19. The van der Waals surface area contributed by atoms with Crippen molar-refractivity contribution in [1.29, 1.82) is 0 Å². The van der Waals surface area contributed by atoms with Gasteiger partial charge in [0.2, 0.25) is 0 Å². The second-order valence-corrected chi connectivity index (χ2v) is 5.36. The molecule has 0 saturated heterocycles. The Labute approximate surface area is 115 Å². The SMILES string of the molecule is Cc1cc(CNC(C)c2ccc(C(C)C)cc2)on1. The summed E-state index contributed by atoms with van der Waals surface area (Å²) in [6.45, 7) is 9.22. The number of nitrogens with one attached hydrogen (secondary N) is 1. The van der Waals surface area contributed by atoms with Crippen LogP contribution in [0.1, 0.15) is 55.3 Å². The van der Waals surface area contributed by atoms with Gasteiger partial charge in [-0.3, -0.25) is 0 Å². The predicted octanol–water partition coefficient (Wildman–Crippen LogP) is 3.96. The molecule has 3 nitrogen and oxygen atoms in total. The van der Waals surface area contributed by atoms with E-state index in [9.17, 15) is 0 Å². The molecule has 1 unspecified atom stereocenters. The van der Waals surface area contributed by atoms with Crippen LogP contribution in [0.25, 0.3) is 0 Å².